The SMILES string of the molecule is FC(F)(F)C1(C#CC2CC2)N=C(Cl)Nc2ccc(Cl)cc21. The van der Waals surface area contributed by atoms with Crippen molar-refractivity contribution in [3.8, 4) is 11.8 Å². The first-order chi connectivity index (χ1) is 9.82. The predicted molar refractivity (Wildman–Crippen MR) is 76.6 cm³/mol. The van der Waals surface area contributed by atoms with Gasteiger partial charge in [-0.25, -0.2) is 4.99 Å². The fourth-order valence-corrected chi connectivity index (χ4v) is 2.49. The van der Waals surface area contributed by atoms with Crippen LogP contribution in [0.3, 0.4) is 0 Å². The van der Waals surface area contributed by atoms with Crippen LogP contribution in [0, 0.1) is 17.8 Å². The van der Waals surface area contributed by atoms with Crippen LogP contribution in [0.25, 0.3) is 0 Å². The Morgan fingerprint density at radius 2 is 2.00 bits per heavy atom. The molecule has 0 saturated heterocycles. The predicted octanol–water partition coefficient (Wildman–Crippen LogP) is 4.53. The summed E-state index contributed by atoms with van der Waals surface area (Å²) < 4.78 is 41.1. The van der Waals surface area contributed by atoms with Crippen LogP contribution < -0.4 is 5.32 Å². The van der Waals surface area contributed by atoms with E-state index in [0.29, 0.717) is 0 Å². The molecule has 0 bridgehead atoms. The number of rotatable bonds is 0. The van der Waals surface area contributed by atoms with Crippen LogP contribution in [0.4, 0.5) is 18.9 Å². The maximum atomic E-state index is 13.7. The van der Waals surface area contributed by atoms with Gasteiger partial charge in [0.1, 0.15) is 0 Å². The van der Waals surface area contributed by atoms with Crippen molar-refractivity contribution >= 4 is 34.2 Å². The minimum absolute atomic E-state index is 0.00993. The second kappa shape index (κ2) is 4.82. The van der Waals surface area contributed by atoms with E-state index >= 15 is 0 Å². The number of amidine groups is 1. The maximum absolute atomic E-state index is 13.7. The van der Waals surface area contributed by atoms with Crippen molar-refractivity contribution in [1.29, 1.82) is 0 Å². The van der Waals surface area contributed by atoms with E-state index in [1.165, 1.54) is 18.2 Å². The van der Waals surface area contributed by atoms with Crippen LogP contribution >= 0.6 is 23.2 Å². The summed E-state index contributed by atoms with van der Waals surface area (Å²) in [6.45, 7) is 0. The molecule has 3 rings (SSSR count). The molecule has 0 spiro atoms. The number of alkyl halides is 3. The molecular formula is C14H9Cl2F3N2. The molecule has 110 valence electrons. The average Bonchev–Trinajstić information content (AvgIpc) is 3.19. The van der Waals surface area contributed by atoms with Gasteiger partial charge in [0.05, 0.1) is 0 Å². The Bertz CT molecular complexity index is 684. The molecule has 1 aliphatic heterocycles. The van der Waals surface area contributed by atoms with Gasteiger partial charge in [0.25, 0.3) is 0 Å². The van der Waals surface area contributed by atoms with Crippen molar-refractivity contribution in [2.24, 2.45) is 10.9 Å². The fourth-order valence-electron chi connectivity index (χ4n) is 2.09. The van der Waals surface area contributed by atoms with Crippen LogP contribution in [-0.4, -0.2) is 11.5 Å². The van der Waals surface area contributed by atoms with Crippen LogP contribution in [-0.2, 0) is 5.54 Å². The summed E-state index contributed by atoms with van der Waals surface area (Å²) in [6, 6.07) is 4.15. The van der Waals surface area contributed by atoms with E-state index in [-0.39, 0.29) is 27.5 Å². The molecule has 0 aromatic heterocycles. The Hall–Kier alpha value is -1.38. The quantitative estimate of drug-likeness (QED) is 0.547. The van der Waals surface area contributed by atoms with Gasteiger partial charge in [-0.05, 0) is 42.6 Å². The van der Waals surface area contributed by atoms with E-state index < -0.39 is 11.7 Å². The molecule has 1 fully saturated rings. The fraction of sp³-hybridized carbons (Fsp3) is 0.357. The monoisotopic (exact) mass is 332 g/mol. The van der Waals surface area contributed by atoms with E-state index in [4.69, 9.17) is 23.2 Å². The van der Waals surface area contributed by atoms with Crippen molar-refractivity contribution in [2.45, 2.75) is 24.6 Å². The van der Waals surface area contributed by atoms with Gasteiger partial charge in [-0.15, -0.1) is 0 Å². The van der Waals surface area contributed by atoms with Crippen LogP contribution in [0.5, 0.6) is 0 Å². The Balaban J connectivity index is 2.24. The summed E-state index contributed by atoms with van der Waals surface area (Å²) in [7, 11) is 0. The minimum Gasteiger partial charge on any atom is -0.330 e. The molecule has 1 atom stereocenters. The molecule has 2 nitrogen and oxygen atoms in total. The second-order valence-corrected chi connectivity index (χ2v) is 5.76. The van der Waals surface area contributed by atoms with Gasteiger partial charge in [-0.1, -0.05) is 23.4 Å². The Labute approximate surface area is 129 Å². The van der Waals surface area contributed by atoms with Crippen molar-refractivity contribution in [1.82, 2.24) is 0 Å². The molecule has 1 aromatic rings. The molecular weight excluding hydrogens is 324 g/mol. The summed E-state index contributed by atoms with van der Waals surface area (Å²) in [4.78, 5) is 3.58. The topological polar surface area (TPSA) is 24.4 Å². The third-order valence-electron chi connectivity index (χ3n) is 3.32. The summed E-state index contributed by atoms with van der Waals surface area (Å²) >= 11 is 11.6. The Morgan fingerprint density at radius 3 is 2.62 bits per heavy atom. The van der Waals surface area contributed by atoms with Crippen LogP contribution in [0.15, 0.2) is 23.2 Å². The number of halogens is 5. The molecule has 2 aliphatic rings. The molecule has 0 radical (unpaired) electrons. The number of anilines is 1. The molecule has 0 amide bonds. The normalized spacial score (nSPS) is 24.3. The number of benzene rings is 1. The molecule has 7 heteroatoms. The largest absolute Gasteiger partial charge is 0.429 e. The highest BCUT2D eigenvalue weighted by atomic mass is 35.5. The van der Waals surface area contributed by atoms with Crippen molar-refractivity contribution in [3.63, 3.8) is 0 Å². The molecule has 1 aliphatic carbocycles. The highest BCUT2D eigenvalue weighted by Crippen LogP contribution is 2.48. The lowest BCUT2D eigenvalue weighted by atomic mass is 9.87. The van der Waals surface area contributed by atoms with Gasteiger partial charge in [0, 0.05) is 22.2 Å². The van der Waals surface area contributed by atoms with E-state index in [1.54, 1.807) is 0 Å². The van der Waals surface area contributed by atoms with Crippen LogP contribution in [0.1, 0.15) is 18.4 Å². The van der Waals surface area contributed by atoms with Crippen LogP contribution in [0.2, 0.25) is 5.02 Å². The van der Waals surface area contributed by atoms with Crippen molar-refractivity contribution in [3.05, 3.63) is 28.8 Å². The molecule has 1 saturated carbocycles. The van der Waals surface area contributed by atoms with Gasteiger partial charge in [-0.2, -0.15) is 13.2 Å². The molecule has 1 aromatic carbocycles. The zero-order valence-electron chi connectivity index (χ0n) is 10.6. The standard InChI is InChI=1S/C14H9Cl2F3N2/c15-9-3-4-11-10(7-9)13(14(17,18)19,21-12(16)20-11)6-5-8-1-2-8/h3-4,7-8H,1-2H2,(H,20,21). The zero-order valence-corrected chi connectivity index (χ0v) is 12.1. The number of hydrogen-bond donors (Lipinski definition) is 1. The van der Waals surface area contributed by atoms with E-state index in [2.05, 4.69) is 22.2 Å². The zero-order chi connectivity index (χ0) is 15.3. The minimum atomic E-state index is -4.70. The van der Waals surface area contributed by atoms with Gasteiger partial charge < -0.3 is 5.32 Å². The summed E-state index contributed by atoms with van der Waals surface area (Å²) in [5.74, 6) is 4.96. The van der Waals surface area contributed by atoms with Gasteiger partial charge in [-0.3, -0.25) is 0 Å². The van der Waals surface area contributed by atoms with Crippen molar-refractivity contribution in [2.75, 3.05) is 5.32 Å². The molecule has 21 heavy (non-hydrogen) atoms. The summed E-state index contributed by atoms with van der Waals surface area (Å²) in [6.07, 6.45) is -3.06. The summed E-state index contributed by atoms with van der Waals surface area (Å²) in [5.41, 5.74) is -2.58. The molecule has 1 N–H and O–H groups in total. The highest BCUT2D eigenvalue weighted by molar-refractivity contribution is 6.67. The lowest BCUT2D eigenvalue weighted by Crippen LogP contribution is -2.43. The first-order valence-electron chi connectivity index (χ1n) is 6.24. The number of aliphatic imine (C=N–C) groups is 1. The smallest absolute Gasteiger partial charge is 0.330 e. The van der Waals surface area contributed by atoms with Gasteiger partial charge >= 0.3 is 6.18 Å². The lowest BCUT2D eigenvalue weighted by molar-refractivity contribution is -0.170. The Morgan fingerprint density at radius 1 is 1.29 bits per heavy atom. The maximum Gasteiger partial charge on any atom is 0.429 e. The first kappa shape index (κ1) is 14.6. The highest BCUT2D eigenvalue weighted by Gasteiger charge is 2.58. The van der Waals surface area contributed by atoms with Crippen molar-refractivity contribution < 1.29 is 13.2 Å². The summed E-state index contributed by atoms with van der Waals surface area (Å²) in [5, 5.41) is 2.45. The number of hydrogen-bond acceptors (Lipinski definition) is 2. The van der Waals surface area contributed by atoms with E-state index in [1.807, 2.05) is 0 Å². The molecule has 1 heterocycles. The van der Waals surface area contributed by atoms with E-state index in [0.717, 1.165) is 12.8 Å². The number of fused-ring (bicyclic) bond motifs is 1. The lowest BCUT2D eigenvalue weighted by Gasteiger charge is -2.33. The first-order valence-corrected chi connectivity index (χ1v) is 6.99. The average molecular weight is 333 g/mol. The number of nitrogens with zero attached hydrogens (tertiary/aromatic N) is 1. The van der Waals surface area contributed by atoms with Gasteiger partial charge in [0.15, 0.2) is 5.29 Å². The van der Waals surface area contributed by atoms with Gasteiger partial charge in [0.2, 0.25) is 5.54 Å². The Kier molecular flexibility index (Phi) is 3.34. The number of nitrogens with one attached hydrogen (secondary N) is 1. The van der Waals surface area contributed by atoms with E-state index in [9.17, 15) is 13.2 Å². The third-order valence-corrected chi connectivity index (χ3v) is 3.73. The molecule has 1 unspecified atom stereocenters. The third kappa shape index (κ3) is 2.58. The second-order valence-electron chi connectivity index (χ2n) is 4.97.